The molecule has 0 spiro atoms. The van der Waals surface area contributed by atoms with Crippen LogP contribution in [0.1, 0.15) is 27.0 Å². The predicted octanol–water partition coefficient (Wildman–Crippen LogP) is 3.32. The Hall–Kier alpha value is -3.22. The van der Waals surface area contributed by atoms with Crippen molar-refractivity contribution in [2.75, 3.05) is 11.9 Å². The number of nitrogens with one attached hydrogen (secondary N) is 1. The highest BCUT2D eigenvalue weighted by Crippen LogP contribution is 2.20. The summed E-state index contributed by atoms with van der Waals surface area (Å²) in [7, 11) is 0. The van der Waals surface area contributed by atoms with Crippen LogP contribution in [0.15, 0.2) is 36.4 Å². The average molecular weight is 342 g/mol. The lowest BCUT2D eigenvalue weighted by atomic mass is 10.1. The van der Waals surface area contributed by atoms with Gasteiger partial charge in [-0.3, -0.25) is 14.9 Å². The second-order valence-corrected chi connectivity index (χ2v) is 5.70. The van der Waals surface area contributed by atoms with E-state index in [0.717, 1.165) is 17.2 Å². The molecule has 1 N–H and O–H groups in total. The van der Waals surface area contributed by atoms with Crippen molar-refractivity contribution in [3.8, 4) is 0 Å². The van der Waals surface area contributed by atoms with Crippen molar-refractivity contribution >= 4 is 23.3 Å². The van der Waals surface area contributed by atoms with Crippen molar-refractivity contribution in [1.82, 2.24) is 0 Å². The van der Waals surface area contributed by atoms with Crippen LogP contribution >= 0.6 is 0 Å². The zero-order valence-corrected chi connectivity index (χ0v) is 14.2. The molecule has 0 saturated carbocycles. The van der Waals surface area contributed by atoms with E-state index in [4.69, 9.17) is 4.74 Å². The molecule has 2 rings (SSSR count). The zero-order chi connectivity index (χ0) is 18.6. The predicted molar refractivity (Wildman–Crippen MR) is 92.7 cm³/mol. The van der Waals surface area contributed by atoms with E-state index < -0.39 is 23.4 Å². The van der Waals surface area contributed by atoms with Crippen molar-refractivity contribution < 1.29 is 19.2 Å². The van der Waals surface area contributed by atoms with Crippen LogP contribution in [0.25, 0.3) is 0 Å². The highest BCUT2D eigenvalue weighted by Gasteiger charge is 2.17. The molecule has 0 aliphatic rings. The van der Waals surface area contributed by atoms with Crippen molar-refractivity contribution in [2.24, 2.45) is 0 Å². The quantitative estimate of drug-likeness (QED) is 0.510. The second-order valence-electron chi connectivity index (χ2n) is 5.70. The van der Waals surface area contributed by atoms with E-state index in [1.807, 2.05) is 32.0 Å². The summed E-state index contributed by atoms with van der Waals surface area (Å²) >= 11 is 0. The van der Waals surface area contributed by atoms with Crippen LogP contribution in [0.2, 0.25) is 0 Å². The first-order valence-electron chi connectivity index (χ1n) is 7.57. The first-order valence-corrected chi connectivity index (χ1v) is 7.57. The molecule has 0 saturated heterocycles. The molecule has 0 aromatic heterocycles. The number of hydrogen-bond donors (Lipinski definition) is 1. The maximum absolute atomic E-state index is 12.0. The minimum absolute atomic E-state index is 0.0248. The van der Waals surface area contributed by atoms with Gasteiger partial charge in [-0.1, -0.05) is 18.2 Å². The first-order chi connectivity index (χ1) is 11.8. The number of carbonyl (C=O) groups excluding carboxylic acids is 2. The number of aryl methyl sites for hydroxylation is 3. The summed E-state index contributed by atoms with van der Waals surface area (Å²) in [4.78, 5) is 34.3. The molecule has 1 amide bonds. The SMILES string of the molecule is Cc1ccc(C)c(NC(=O)COC(=O)c2ccc(C)c([N+](=O)[O-])c2)c1. The normalized spacial score (nSPS) is 10.2. The fourth-order valence-corrected chi connectivity index (χ4v) is 2.20. The van der Waals surface area contributed by atoms with Crippen molar-refractivity contribution in [2.45, 2.75) is 20.8 Å². The maximum Gasteiger partial charge on any atom is 0.338 e. The van der Waals surface area contributed by atoms with Gasteiger partial charge in [0.05, 0.1) is 10.5 Å². The van der Waals surface area contributed by atoms with Crippen LogP contribution in [0.4, 0.5) is 11.4 Å². The van der Waals surface area contributed by atoms with Gasteiger partial charge in [-0.2, -0.15) is 0 Å². The molecule has 130 valence electrons. The largest absolute Gasteiger partial charge is 0.452 e. The van der Waals surface area contributed by atoms with Gasteiger partial charge in [-0.15, -0.1) is 0 Å². The number of hydrogen-bond acceptors (Lipinski definition) is 5. The molecule has 0 bridgehead atoms. The monoisotopic (exact) mass is 342 g/mol. The van der Waals surface area contributed by atoms with Gasteiger partial charge < -0.3 is 10.1 Å². The lowest BCUT2D eigenvalue weighted by Crippen LogP contribution is -2.21. The van der Waals surface area contributed by atoms with Gasteiger partial charge in [0.25, 0.3) is 11.6 Å². The Morgan fingerprint density at radius 3 is 2.44 bits per heavy atom. The van der Waals surface area contributed by atoms with Crippen molar-refractivity contribution in [3.05, 3.63) is 68.8 Å². The first kappa shape index (κ1) is 18.1. The summed E-state index contributed by atoms with van der Waals surface area (Å²) in [6.07, 6.45) is 0. The average Bonchev–Trinajstić information content (AvgIpc) is 2.56. The molecule has 0 atom stereocenters. The Kier molecular flexibility index (Phi) is 5.49. The van der Waals surface area contributed by atoms with Crippen LogP contribution in [0, 0.1) is 30.9 Å². The summed E-state index contributed by atoms with van der Waals surface area (Å²) < 4.78 is 4.93. The van der Waals surface area contributed by atoms with Gasteiger partial charge in [0, 0.05) is 17.3 Å². The molecule has 0 heterocycles. The Morgan fingerprint density at radius 2 is 1.76 bits per heavy atom. The maximum atomic E-state index is 12.0. The molecule has 0 unspecified atom stereocenters. The minimum Gasteiger partial charge on any atom is -0.452 e. The molecule has 7 heteroatoms. The molecule has 2 aromatic rings. The van der Waals surface area contributed by atoms with Crippen LogP contribution in [-0.2, 0) is 9.53 Å². The molecular weight excluding hydrogens is 324 g/mol. The molecule has 0 aliphatic carbocycles. The van der Waals surface area contributed by atoms with E-state index in [-0.39, 0.29) is 11.3 Å². The number of rotatable bonds is 5. The lowest BCUT2D eigenvalue weighted by molar-refractivity contribution is -0.385. The number of esters is 1. The Morgan fingerprint density at radius 1 is 1.08 bits per heavy atom. The van der Waals surface area contributed by atoms with Crippen molar-refractivity contribution in [3.63, 3.8) is 0 Å². The fourth-order valence-electron chi connectivity index (χ4n) is 2.20. The van der Waals surface area contributed by atoms with Crippen LogP contribution < -0.4 is 5.32 Å². The van der Waals surface area contributed by atoms with Crippen LogP contribution in [0.5, 0.6) is 0 Å². The number of nitro groups is 1. The molecule has 7 nitrogen and oxygen atoms in total. The molecule has 0 fully saturated rings. The summed E-state index contributed by atoms with van der Waals surface area (Å²) in [6, 6.07) is 9.65. The van der Waals surface area contributed by atoms with Gasteiger partial charge in [0.1, 0.15) is 0 Å². The third-order valence-electron chi connectivity index (χ3n) is 3.64. The Labute approximate surface area is 144 Å². The molecule has 2 aromatic carbocycles. The number of anilines is 1. The highest BCUT2D eigenvalue weighted by molar-refractivity contribution is 5.96. The lowest BCUT2D eigenvalue weighted by Gasteiger charge is -2.10. The number of amides is 1. The molecule has 25 heavy (non-hydrogen) atoms. The number of ether oxygens (including phenoxy) is 1. The Bertz CT molecular complexity index is 845. The van der Waals surface area contributed by atoms with Gasteiger partial charge in [-0.05, 0) is 44.0 Å². The van der Waals surface area contributed by atoms with E-state index in [0.29, 0.717) is 11.3 Å². The number of nitrogens with zero attached hydrogens (tertiary/aromatic N) is 1. The fraction of sp³-hybridized carbons (Fsp3) is 0.222. The van der Waals surface area contributed by atoms with E-state index >= 15 is 0 Å². The van der Waals surface area contributed by atoms with Gasteiger partial charge >= 0.3 is 5.97 Å². The van der Waals surface area contributed by atoms with Gasteiger partial charge in [-0.25, -0.2) is 4.79 Å². The summed E-state index contributed by atoms with van der Waals surface area (Å²) in [5, 5.41) is 13.6. The Balaban J connectivity index is 2.00. The van der Waals surface area contributed by atoms with Crippen LogP contribution in [0.3, 0.4) is 0 Å². The summed E-state index contributed by atoms with van der Waals surface area (Å²) in [5.74, 6) is -1.28. The smallest absolute Gasteiger partial charge is 0.338 e. The zero-order valence-electron chi connectivity index (χ0n) is 14.2. The van der Waals surface area contributed by atoms with Gasteiger partial charge in [0.15, 0.2) is 6.61 Å². The topological polar surface area (TPSA) is 98.5 Å². The number of benzene rings is 2. The number of carbonyl (C=O) groups is 2. The van der Waals surface area contributed by atoms with Crippen LogP contribution in [-0.4, -0.2) is 23.4 Å². The third kappa shape index (κ3) is 4.63. The molecule has 0 radical (unpaired) electrons. The summed E-state index contributed by atoms with van der Waals surface area (Å²) in [5.41, 5.74) is 2.82. The van der Waals surface area contributed by atoms with E-state index in [9.17, 15) is 19.7 Å². The van der Waals surface area contributed by atoms with Crippen molar-refractivity contribution in [1.29, 1.82) is 0 Å². The van der Waals surface area contributed by atoms with E-state index in [2.05, 4.69) is 5.32 Å². The summed E-state index contributed by atoms with van der Waals surface area (Å²) in [6.45, 7) is 4.85. The standard InChI is InChI=1S/C18H18N2O5/c1-11-4-5-12(2)15(8-11)19-17(21)10-25-18(22)14-7-6-13(3)16(9-14)20(23)24/h4-9H,10H2,1-3H3,(H,19,21). The second kappa shape index (κ2) is 7.57. The highest BCUT2D eigenvalue weighted by atomic mass is 16.6. The number of nitro benzene ring substituents is 1. The van der Waals surface area contributed by atoms with Gasteiger partial charge in [0.2, 0.25) is 0 Å². The van der Waals surface area contributed by atoms with E-state index in [1.165, 1.54) is 12.1 Å². The minimum atomic E-state index is -0.792. The molecular formula is C18H18N2O5. The molecule has 0 aliphatic heterocycles. The third-order valence-corrected chi connectivity index (χ3v) is 3.64. The van der Waals surface area contributed by atoms with E-state index in [1.54, 1.807) is 6.92 Å².